The molecule has 8 nitrogen and oxygen atoms in total. The molecule has 10 heteroatoms. The molecule has 0 spiro atoms. The Morgan fingerprint density at radius 3 is 2.20 bits per heavy atom. The topological polar surface area (TPSA) is 130 Å². The van der Waals surface area contributed by atoms with Crippen molar-refractivity contribution in [2.24, 2.45) is 5.90 Å². The van der Waals surface area contributed by atoms with E-state index in [2.05, 4.69) is 20.5 Å². The molecule has 2 amide bonds. The summed E-state index contributed by atoms with van der Waals surface area (Å²) in [6, 6.07) is 13.7. The fourth-order valence-corrected chi connectivity index (χ4v) is 2.77. The van der Waals surface area contributed by atoms with Crippen LogP contribution in [0, 0.1) is 5.41 Å². The Labute approximate surface area is 181 Å². The van der Waals surface area contributed by atoms with Gasteiger partial charge in [0.25, 0.3) is 11.8 Å². The second-order valence-corrected chi connectivity index (χ2v) is 6.86. The maximum Gasteiger partial charge on any atom is 0.258 e. The first-order valence-corrected chi connectivity index (χ1v) is 9.22. The normalized spacial score (nSPS) is 10.2. The monoisotopic (exact) mass is 443 g/mol. The van der Waals surface area contributed by atoms with Gasteiger partial charge in [-0.25, -0.2) is 4.98 Å². The molecule has 0 atom stereocenters. The predicted molar refractivity (Wildman–Crippen MR) is 115 cm³/mol. The number of hydrogen-bond donors (Lipinski definition) is 4. The molecule has 0 fully saturated rings. The molecule has 1 aromatic heterocycles. The van der Waals surface area contributed by atoms with Gasteiger partial charge in [-0.15, -0.1) is 0 Å². The number of nitrogens with one attached hydrogen (secondary N) is 3. The number of nitrogens with zero attached hydrogens (tertiary/aromatic N) is 1. The van der Waals surface area contributed by atoms with Crippen LogP contribution < -0.4 is 16.5 Å². The van der Waals surface area contributed by atoms with E-state index in [0.717, 1.165) is 0 Å². The summed E-state index contributed by atoms with van der Waals surface area (Å²) in [5.41, 5.74) is 1.14. The van der Waals surface area contributed by atoms with Gasteiger partial charge in [0.05, 0.1) is 16.3 Å². The van der Waals surface area contributed by atoms with E-state index in [1.165, 1.54) is 42.6 Å². The van der Waals surface area contributed by atoms with Gasteiger partial charge in [0.15, 0.2) is 0 Å². The van der Waals surface area contributed by atoms with E-state index < -0.39 is 11.8 Å². The Morgan fingerprint density at radius 1 is 0.900 bits per heavy atom. The zero-order chi connectivity index (χ0) is 21.7. The quantitative estimate of drug-likeness (QED) is 0.267. The van der Waals surface area contributed by atoms with Gasteiger partial charge in [0, 0.05) is 22.3 Å². The lowest BCUT2D eigenvalue weighted by molar-refractivity contribution is 0.102. The zero-order valence-electron chi connectivity index (χ0n) is 15.3. The summed E-state index contributed by atoms with van der Waals surface area (Å²) >= 11 is 11.8. The molecule has 0 aliphatic heterocycles. The van der Waals surface area contributed by atoms with Crippen LogP contribution in [-0.4, -0.2) is 22.7 Å². The summed E-state index contributed by atoms with van der Waals surface area (Å²) in [6.45, 7) is 0. The van der Waals surface area contributed by atoms with Crippen molar-refractivity contribution in [2.75, 3.05) is 10.6 Å². The maximum atomic E-state index is 12.7. The Kier molecular flexibility index (Phi) is 6.63. The lowest BCUT2D eigenvalue weighted by atomic mass is 10.1. The van der Waals surface area contributed by atoms with Gasteiger partial charge >= 0.3 is 0 Å². The molecule has 0 saturated heterocycles. The molecule has 0 unspecified atom stereocenters. The molecule has 3 rings (SSSR count). The molecule has 3 aromatic rings. The van der Waals surface area contributed by atoms with Gasteiger partial charge in [0.1, 0.15) is 5.82 Å². The van der Waals surface area contributed by atoms with Crippen LogP contribution in [0.15, 0.2) is 60.8 Å². The Hall–Kier alpha value is -3.46. The van der Waals surface area contributed by atoms with E-state index in [1.54, 1.807) is 18.2 Å². The highest BCUT2D eigenvalue weighted by Gasteiger charge is 2.16. The van der Waals surface area contributed by atoms with Gasteiger partial charge in [-0.2, -0.15) is 5.90 Å². The molecule has 0 radical (unpaired) electrons. The standard InChI is InChI=1S/C20H15Cl2N5O3/c21-13-5-7-16(15(9-13)20(29)27-17-8-6-14(22)10-25-17)26-19(28)12-3-1-11(2-4-12)18(23)30-24/h1-10,23H,24H2,(H,26,28)(H,25,27,29). The third-order valence-electron chi connectivity index (χ3n) is 3.97. The number of aromatic nitrogens is 1. The average Bonchev–Trinajstić information content (AvgIpc) is 2.76. The van der Waals surface area contributed by atoms with E-state index in [1.807, 2.05) is 0 Å². The van der Waals surface area contributed by atoms with Crippen LogP contribution in [0.5, 0.6) is 0 Å². The van der Waals surface area contributed by atoms with Crippen molar-refractivity contribution >= 4 is 52.4 Å². The highest BCUT2D eigenvalue weighted by atomic mass is 35.5. The van der Waals surface area contributed by atoms with E-state index >= 15 is 0 Å². The van der Waals surface area contributed by atoms with E-state index in [9.17, 15) is 9.59 Å². The van der Waals surface area contributed by atoms with Gasteiger partial charge in [0.2, 0.25) is 5.90 Å². The fourth-order valence-electron chi connectivity index (χ4n) is 2.48. The van der Waals surface area contributed by atoms with Crippen molar-refractivity contribution in [1.82, 2.24) is 4.98 Å². The number of pyridine rings is 1. The number of carbonyl (C=O) groups excluding carboxylic acids is 2. The van der Waals surface area contributed by atoms with Crippen LogP contribution in [0.2, 0.25) is 10.0 Å². The van der Waals surface area contributed by atoms with Crippen LogP contribution >= 0.6 is 23.2 Å². The summed E-state index contributed by atoms with van der Waals surface area (Å²) in [5, 5.41) is 13.6. The fraction of sp³-hybridized carbons (Fsp3) is 0. The van der Waals surface area contributed by atoms with Crippen LogP contribution in [0.1, 0.15) is 26.3 Å². The molecule has 0 bridgehead atoms. The number of nitrogens with two attached hydrogens (primary N) is 1. The first-order chi connectivity index (χ1) is 14.4. The summed E-state index contributed by atoms with van der Waals surface area (Å²) in [7, 11) is 0. The molecule has 1 heterocycles. The number of amides is 2. The van der Waals surface area contributed by atoms with Gasteiger partial charge in [-0.3, -0.25) is 15.0 Å². The molecule has 30 heavy (non-hydrogen) atoms. The Morgan fingerprint density at radius 2 is 1.57 bits per heavy atom. The van der Waals surface area contributed by atoms with Crippen molar-refractivity contribution in [3.63, 3.8) is 0 Å². The minimum Gasteiger partial charge on any atom is -0.391 e. The van der Waals surface area contributed by atoms with Crippen molar-refractivity contribution in [1.29, 1.82) is 5.41 Å². The number of rotatable bonds is 5. The SMILES string of the molecule is N=C(ON)c1ccc(C(=O)Nc2ccc(Cl)cc2C(=O)Nc2ccc(Cl)cn2)cc1. The van der Waals surface area contributed by atoms with E-state index in [-0.39, 0.29) is 17.1 Å². The first kappa shape index (κ1) is 21.3. The van der Waals surface area contributed by atoms with Gasteiger partial charge in [-0.1, -0.05) is 23.2 Å². The minimum atomic E-state index is -0.508. The molecule has 5 N–H and O–H groups in total. The minimum absolute atomic E-state index is 0.155. The van der Waals surface area contributed by atoms with E-state index in [0.29, 0.717) is 27.0 Å². The highest BCUT2D eigenvalue weighted by Crippen LogP contribution is 2.23. The van der Waals surface area contributed by atoms with Gasteiger partial charge < -0.3 is 15.5 Å². The number of carbonyl (C=O) groups is 2. The predicted octanol–water partition coefficient (Wildman–Crippen LogP) is 4.11. The summed E-state index contributed by atoms with van der Waals surface area (Å²) < 4.78 is 0. The number of halogens is 2. The number of benzene rings is 2. The Balaban J connectivity index is 1.80. The molecular weight excluding hydrogens is 429 g/mol. The molecular formula is C20H15Cl2N5O3. The second-order valence-electron chi connectivity index (χ2n) is 5.98. The maximum absolute atomic E-state index is 12.7. The van der Waals surface area contributed by atoms with Crippen molar-refractivity contribution < 1.29 is 14.4 Å². The van der Waals surface area contributed by atoms with E-state index in [4.69, 9.17) is 34.5 Å². The molecule has 2 aromatic carbocycles. The molecule has 0 aliphatic carbocycles. The zero-order valence-corrected chi connectivity index (χ0v) is 16.8. The van der Waals surface area contributed by atoms with Crippen LogP contribution in [-0.2, 0) is 4.84 Å². The largest absolute Gasteiger partial charge is 0.391 e. The lowest BCUT2D eigenvalue weighted by Gasteiger charge is -2.12. The number of hydrogen-bond acceptors (Lipinski definition) is 6. The summed E-state index contributed by atoms with van der Waals surface area (Å²) in [4.78, 5) is 33.7. The summed E-state index contributed by atoms with van der Waals surface area (Å²) in [6.07, 6.45) is 1.40. The first-order valence-electron chi connectivity index (χ1n) is 8.47. The average molecular weight is 444 g/mol. The highest BCUT2D eigenvalue weighted by molar-refractivity contribution is 6.31. The van der Waals surface area contributed by atoms with Crippen LogP contribution in [0.3, 0.4) is 0 Å². The van der Waals surface area contributed by atoms with Crippen LogP contribution in [0.25, 0.3) is 0 Å². The van der Waals surface area contributed by atoms with Crippen molar-refractivity contribution in [2.45, 2.75) is 0 Å². The van der Waals surface area contributed by atoms with Gasteiger partial charge in [-0.05, 0) is 54.6 Å². The number of anilines is 2. The third-order valence-corrected chi connectivity index (χ3v) is 4.43. The van der Waals surface area contributed by atoms with Crippen LogP contribution in [0.4, 0.5) is 11.5 Å². The van der Waals surface area contributed by atoms with Crippen molar-refractivity contribution in [3.8, 4) is 0 Å². The lowest BCUT2D eigenvalue weighted by Crippen LogP contribution is -2.19. The molecule has 0 saturated carbocycles. The Bertz CT molecular complexity index is 1100. The third kappa shape index (κ3) is 5.12. The molecule has 152 valence electrons. The molecule has 0 aliphatic rings. The van der Waals surface area contributed by atoms with Crippen molar-refractivity contribution in [3.05, 3.63) is 87.5 Å². The second kappa shape index (κ2) is 9.36. The summed E-state index contributed by atoms with van der Waals surface area (Å²) in [5.74, 6) is 4.06. The smallest absolute Gasteiger partial charge is 0.258 e.